The number of fused-ring (bicyclic) bond motifs is 1. The molecule has 1 aromatic carbocycles. The molecule has 2 amide bonds. The number of aromatic nitrogens is 2. The Balaban J connectivity index is 1.71. The van der Waals surface area contributed by atoms with Crippen molar-refractivity contribution in [2.45, 2.75) is 52.2 Å². The van der Waals surface area contributed by atoms with Crippen LogP contribution in [0.15, 0.2) is 18.2 Å². The molecule has 0 radical (unpaired) electrons. The lowest BCUT2D eigenvalue weighted by molar-refractivity contribution is -0.133. The van der Waals surface area contributed by atoms with Crippen molar-refractivity contribution in [1.29, 1.82) is 0 Å². The first kappa shape index (κ1) is 19.2. The summed E-state index contributed by atoms with van der Waals surface area (Å²) in [6.07, 6.45) is 1.29. The molecule has 3 rings (SSSR count). The van der Waals surface area contributed by atoms with E-state index in [9.17, 15) is 9.59 Å². The molecule has 1 atom stereocenters. The summed E-state index contributed by atoms with van der Waals surface area (Å²) >= 11 is 0. The third kappa shape index (κ3) is 4.40. The molecule has 7 heteroatoms. The Morgan fingerprint density at radius 2 is 2.11 bits per heavy atom. The maximum Gasteiger partial charge on any atom is 0.410 e. The van der Waals surface area contributed by atoms with Gasteiger partial charge in [-0.25, -0.2) is 9.78 Å². The Bertz CT molecular complexity index is 853. The van der Waals surface area contributed by atoms with Gasteiger partial charge in [-0.2, -0.15) is 0 Å². The maximum atomic E-state index is 12.8. The minimum absolute atomic E-state index is 0.00918. The highest BCUT2D eigenvalue weighted by atomic mass is 16.6. The molecule has 1 unspecified atom stereocenters. The third-order valence-electron chi connectivity index (χ3n) is 4.62. The van der Waals surface area contributed by atoms with E-state index in [0.717, 1.165) is 35.3 Å². The van der Waals surface area contributed by atoms with Gasteiger partial charge in [0.05, 0.1) is 17.1 Å². The van der Waals surface area contributed by atoms with Crippen molar-refractivity contribution in [3.8, 4) is 0 Å². The van der Waals surface area contributed by atoms with Gasteiger partial charge in [0, 0.05) is 13.6 Å². The number of carbonyl (C=O) groups is 2. The Hall–Kier alpha value is -2.57. The van der Waals surface area contributed by atoms with E-state index in [1.807, 2.05) is 24.0 Å². The number of nitrogens with one attached hydrogen (secondary N) is 1. The van der Waals surface area contributed by atoms with E-state index in [1.165, 1.54) is 4.90 Å². The summed E-state index contributed by atoms with van der Waals surface area (Å²) < 4.78 is 5.32. The van der Waals surface area contributed by atoms with Gasteiger partial charge in [0.2, 0.25) is 5.91 Å². The highest BCUT2D eigenvalue weighted by Crippen LogP contribution is 2.31. The van der Waals surface area contributed by atoms with Gasteiger partial charge in [-0.15, -0.1) is 0 Å². The van der Waals surface area contributed by atoms with Gasteiger partial charge in [-0.3, -0.25) is 4.79 Å². The fraction of sp³-hybridized carbons (Fsp3) is 0.550. The molecule has 1 N–H and O–H groups in total. The average molecular weight is 372 g/mol. The Kier molecular flexibility index (Phi) is 5.13. The molecule has 2 aromatic rings. The van der Waals surface area contributed by atoms with Crippen molar-refractivity contribution < 1.29 is 14.3 Å². The number of likely N-dealkylation sites (N-methyl/N-ethyl adjacent to an activating group) is 1. The van der Waals surface area contributed by atoms with Crippen molar-refractivity contribution in [3.05, 3.63) is 29.6 Å². The SMILES string of the molecule is Cc1ccc2nc(C3CCCN3C(=O)CN(C)C(=O)OC(C)(C)C)[nH]c2c1. The van der Waals surface area contributed by atoms with E-state index in [4.69, 9.17) is 4.74 Å². The topological polar surface area (TPSA) is 78.5 Å². The van der Waals surface area contributed by atoms with Gasteiger partial charge in [0.15, 0.2) is 0 Å². The lowest BCUT2D eigenvalue weighted by Gasteiger charge is -2.28. The van der Waals surface area contributed by atoms with Gasteiger partial charge in [0.25, 0.3) is 0 Å². The van der Waals surface area contributed by atoms with E-state index in [2.05, 4.69) is 16.0 Å². The molecule has 1 aliphatic rings. The Morgan fingerprint density at radius 1 is 1.37 bits per heavy atom. The molecule has 0 aliphatic carbocycles. The first-order chi connectivity index (χ1) is 12.6. The molecule has 0 spiro atoms. The van der Waals surface area contributed by atoms with Crippen LogP contribution in [0.25, 0.3) is 11.0 Å². The molecule has 146 valence electrons. The summed E-state index contributed by atoms with van der Waals surface area (Å²) in [5.74, 6) is 0.712. The molecule has 1 saturated heterocycles. The molecule has 7 nitrogen and oxygen atoms in total. The maximum absolute atomic E-state index is 12.8. The van der Waals surface area contributed by atoms with Crippen molar-refractivity contribution in [1.82, 2.24) is 19.8 Å². The molecule has 1 aliphatic heterocycles. The van der Waals surface area contributed by atoms with Gasteiger partial charge < -0.3 is 19.5 Å². The summed E-state index contributed by atoms with van der Waals surface area (Å²) in [7, 11) is 1.58. The number of benzene rings is 1. The van der Waals surface area contributed by atoms with Gasteiger partial charge >= 0.3 is 6.09 Å². The van der Waals surface area contributed by atoms with E-state index in [-0.39, 0.29) is 18.5 Å². The summed E-state index contributed by atoms with van der Waals surface area (Å²) in [6, 6.07) is 5.99. The van der Waals surface area contributed by atoms with Crippen LogP contribution in [0.1, 0.15) is 51.0 Å². The first-order valence-corrected chi connectivity index (χ1v) is 9.34. The number of likely N-dealkylation sites (tertiary alicyclic amines) is 1. The van der Waals surface area contributed by atoms with Gasteiger partial charge in [-0.05, 0) is 58.2 Å². The fourth-order valence-electron chi connectivity index (χ4n) is 3.35. The van der Waals surface area contributed by atoms with Crippen LogP contribution < -0.4 is 0 Å². The minimum atomic E-state index is -0.586. The zero-order chi connectivity index (χ0) is 19.8. The van der Waals surface area contributed by atoms with Crippen LogP contribution in [0.4, 0.5) is 4.79 Å². The zero-order valence-corrected chi connectivity index (χ0v) is 16.7. The monoisotopic (exact) mass is 372 g/mol. The number of imidazole rings is 1. The van der Waals surface area contributed by atoms with E-state index in [1.54, 1.807) is 27.8 Å². The standard InChI is InChI=1S/C20H28N4O3/c1-13-8-9-14-15(11-13)22-18(21-14)16-7-6-10-24(16)17(25)12-23(5)19(26)27-20(2,3)4/h8-9,11,16H,6-7,10,12H2,1-5H3,(H,21,22). The van der Waals surface area contributed by atoms with Crippen LogP contribution in [0.2, 0.25) is 0 Å². The molecule has 0 saturated carbocycles. The quantitative estimate of drug-likeness (QED) is 0.896. The average Bonchev–Trinajstić information content (AvgIpc) is 3.18. The Labute approximate surface area is 159 Å². The van der Waals surface area contributed by atoms with Crippen molar-refractivity contribution in [2.75, 3.05) is 20.1 Å². The number of aryl methyl sites for hydroxylation is 1. The third-order valence-corrected chi connectivity index (χ3v) is 4.62. The number of aromatic amines is 1. The Morgan fingerprint density at radius 3 is 2.81 bits per heavy atom. The lowest BCUT2D eigenvalue weighted by atomic mass is 10.2. The second-order valence-corrected chi connectivity index (χ2v) is 8.22. The van der Waals surface area contributed by atoms with Crippen LogP contribution in [0.5, 0.6) is 0 Å². The van der Waals surface area contributed by atoms with Crippen LogP contribution in [0.3, 0.4) is 0 Å². The van der Waals surface area contributed by atoms with E-state index < -0.39 is 11.7 Å². The van der Waals surface area contributed by atoms with Crippen molar-refractivity contribution in [3.63, 3.8) is 0 Å². The molecule has 2 heterocycles. The van der Waals surface area contributed by atoms with Gasteiger partial charge in [0.1, 0.15) is 18.0 Å². The highest BCUT2D eigenvalue weighted by molar-refractivity contribution is 5.83. The lowest BCUT2D eigenvalue weighted by Crippen LogP contribution is -2.42. The van der Waals surface area contributed by atoms with Crippen molar-refractivity contribution >= 4 is 23.0 Å². The number of nitrogens with zero attached hydrogens (tertiary/aromatic N) is 3. The summed E-state index contributed by atoms with van der Waals surface area (Å²) in [5.41, 5.74) is 2.46. The van der Waals surface area contributed by atoms with Crippen molar-refractivity contribution in [2.24, 2.45) is 0 Å². The second-order valence-electron chi connectivity index (χ2n) is 8.22. The number of rotatable bonds is 3. The summed E-state index contributed by atoms with van der Waals surface area (Å²) in [6.45, 7) is 8.12. The van der Waals surface area contributed by atoms with Crippen LogP contribution in [-0.2, 0) is 9.53 Å². The van der Waals surface area contributed by atoms with Crippen LogP contribution in [0, 0.1) is 6.92 Å². The summed E-state index contributed by atoms with van der Waals surface area (Å²) in [4.78, 5) is 36.1. The minimum Gasteiger partial charge on any atom is -0.444 e. The normalized spacial score (nSPS) is 17.4. The predicted molar refractivity (Wildman–Crippen MR) is 103 cm³/mol. The molecule has 27 heavy (non-hydrogen) atoms. The van der Waals surface area contributed by atoms with E-state index in [0.29, 0.717) is 6.54 Å². The number of H-pyrrole nitrogens is 1. The number of ether oxygens (including phenoxy) is 1. The number of carbonyl (C=O) groups excluding carboxylic acids is 2. The van der Waals surface area contributed by atoms with E-state index >= 15 is 0 Å². The molecular formula is C20H28N4O3. The number of amides is 2. The number of hydrogen-bond donors (Lipinski definition) is 1. The van der Waals surface area contributed by atoms with Crippen LogP contribution >= 0.6 is 0 Å². The number of hydrogen-bond acceptors (Lipinski definition) is 4. The smallest absolute Gasteiger partial charge is 0.410 e. The molecule has 1 aromatic heterocycles. The largest absolute Gasteiger partial charge is 0.444 e. The first-order valence-electron chi connectivity index (χ1n) is 9.34. The summed E-state index contributed by atoms with van der Waals surface area (Å²) in [5, 5.41) is 0. The highest BCUT2D eigenvalue weighted by Gasteiger charge is 2.33. The molecule has 1 fully saturated rings. The zero-order valence-electron chi connectivity index (χ0n) is 16.7. The van der Waals surface area contributed by atoms with Gasteiger partial charge in [-0.1, -0.05) is 6.07 Å². The second kappa shape index (κ2) is 7.21. The molecule has 0 bridgehead atoms. The predicted octanol–water partition coefficient (Wildman–Crippen LogP) is 3.40. The van der Waals surface area contributed by atoms with Crippen LogP contribution in [-0.4, -0.2) is 57.5 Å². The molecular weight excluding hydrogens is 344 g/mol. The fourth-order valence-corrected chi connectivity index (χ4v) is 3.35.